The summed E-state index contributed by atoms with van der Waals surface area (Å²) in [5.74, 6) is 1.09. The van der Waals surface area contributed by atoms with E-state index in [1.807, 2.05) is 6.92 Å². The number of aromatic nitrogens is 3. The van der Waals surface area contributed by atoms with Crippen molar-refractivity contribution in [1.29, 1.82) is 0 Å². The Hall–Kier alpha value is -1.95. The Morgan fingerprint density at radius 3 is 3.00 bits per heavy atom. The monoisotopic (exact) mass is 248 g/mol. The van der Waals surface area contributed by atoms with Crippen LogP contribution in [0.5, 0.6) is 11.6 Å². The second-order valence-electron chi connectivity index (χ2n) is 3.36. The molecule has 0 aliphatic heterocycles. The van der Waals surface area contributed by atoms with Gasteiger partial charge < -0.3 is 10.5 Å². The zero-order chi connectivity index (χ0) is 12.3. The highest BCUT2D eigenvalue weighted by Crippen LogP contribution is 2.18. The molecule has 88 valence electrons. The van der Waals surface area contributed by atoms with Crippen LogP contribution >= 0.6 is 12.2 Å². The van der Waals surface area contributed by atoms with Crippen molar-refractivity contribution >= 4 is 17.2 Å². The molecule has 0 amide bonds. The molecule has 0 fully saturated rings. The largest absolute Gasteiger partial charge is 0.436 e. The van der Waals surface area contributed by atoms with E-state index in [1.165, 1.54) is 0 Å². The van der Waals surface area contributed by atoms with Crippen LogP contribution in [-0.2, 0) is 6.54 Å². The normalized spacial score (nSPS) is 10.2. The molecule has 0 aliphatic carbocycles. The number of hydrogen-bond acceptors (Lipinski definition) is 4. The van der Waals surface area contributed by atoms with Crippen molar-refractivity contribution in [3.8, 4) is 11.6 Å². The van der Waals surface area contributed by atoms with Crippen LogP contribution in [0.1, 0.15) is 12.6 Å². The van der Waals surface area contributed by atoms with Crippen LogP contribution in [0.15, 0.2) is 30.6 Å². The number of ether oxygens (including phenoxy) is 1. The lowest BCUT2D eigenvalue weighted by molar-refractivity contribution is 0.461. The predicted molar refractivity (Wildman–Crippen MR) is 68.1 cm³/mol. The van der Waals surface area contributed by atoms with E-state index in [4.69, 9.17) is 22.7 Å². The van der Waals surface area contributed by atoms with E-state index < -0.39 is 0 Å². The van der Waals surface area contributed by atoms with Crippen LogP contribution in [0.2, 0.25) is 0 Å². The topological polar surface area (TPSA) is 66.0 Å². The van der Waals surface area contributed by atoms with Gasteiger partial charge in [0, 0.05) is 12.6 Å². The number of thiocarbonyl (C=S) groups is 1. The molecule has 0 radical (unpaired) electrons. The standard InChI is InChI=1S/C11H12N4OS/c1-2-15-7-8(6-13-15)16-10-5-3-4-9(14-10)11(12)17/h3-7H,2H2,1H3,(H2,12,17). The van der Waals surface area contributed by atoms with Gasteiger partial charge in [0.15, 0.2) is 5.75 Å². The van der Waals surface area contributed by atoms with Gasteiger partial charge in [-0.1, -0.05) is 18.3 Å². The zero-order valence-electron chi connectivity index (χ0n) is 9.33. The van der Waals surface area contributed by atoms with Crippen molar-refractivity contribution in [1.82, 2.24) is 14.8 Å². The van der Waals surface area contributed by atoms with Gasteiger partial charge in [-0.25, -0.2) is 4.98 Å². The first-order valence-corrected chi connectivity index (χ1v) is 5.57. The SMILES string of the molecule is CCn1cc(Oc2cccc(C(N)=S)n2)cn1. The van der Waals surface area contributed by atoms with Crippen LogP contribution in [0.3, 0.4) is 0 Å². The molecule has 0 unspecified atom stereocenters. The highest BCUT2D eigenvalue weighted by molar-refractivity contribution is 7.80. The minimum atomic E-state index is 0.250. The van der Waals surface area contributed by atoms with Gasteiger partial charge in [0.05, 0.1) is 12.4 Å². The third-order valence-corrected chi connectivity index (χ3v) is 2.34. The minimum absolute atomic E-state index is 0.250. The van der Waals surface area contributed by atoms with E-state index >= 15 is 0 Å². The molecule has 0 saturated heterocycles. The lowest BCUT2D eigenvalue weighted by atomic mass is 10.3. The maximum atomic E-state index is 5.54. The highest BCUT2D eigenvalue weighted by atomic mass is 32.1. The maximum absolute atomic E-state index is 5.54. The average molecular weight is 248 g/mol. The molecule has 2 N–H and O–H groups in total. The number of hydrogen-bond donors (Lipinski definition) is 1. The van der Waals surface area contributed by atoms with Crippen molar-refractivity contribution in [2.75, 3.05) is 0 Å². The summed E-state index contributed by atoms with van der Waals surface area (Å²) >= 11 is 4.85. The van der Waals surface area contributed by atoms with Crippen LogP contribution < -0.4 is 10.5 Å². The Morgan fingerprint density at radius 2 is 2.35 bits per heavy atom. The molecule has 0 aromatic carbocycles. The average Bonchev–Trinajstić information content (AvgIpc) is 2.77. The van der Waals surface area contributed by atoms with E-state index in [0.29, 0.717) is 17.3 Å². The molecule has 2 aromatic heterocycles. The molecule has 2 heterocycles. The van der Waals surface area contributed by atoms with Crippen LogP contribution in [0.4, 0.5) is 0 Å². The Morgan fingerprint density at radius 1 is 1.53 bits per heavy atom. The van der Waals surface area contributed by atoms with E-state index in [9.17, 15) is 0 Å². The summed E-state index contributed by atoms with van der Waals surface area (Å²) in [5, 5.41) is 4.10. The molecule has 5 nitrogen and oxygen atoms in total. The number of nitrogens with zero attached hydrogens (tertiary/aromatic N) is 3. The molecule has 17 heavy (non-hydrogen) atoms. The van der Waals surface area contributed by atoms with Gasteiger partial charge in [0.25, 0.3) is 0 Å². The lowest BCUT2D eigenvalue weighted by Crippen LogP contribution is -2.11. The summed E-state index contributed by atoms with van der Waals surface area (Å²) < 4.78 is 7.31. The first kappa shape index (κ1) is 11.5. The van der Waals surface area contributed by atoms with Crippen LogP contribution in [-0.4, -0.2) is 19.8 Å². The van der Waals surface area contributed by atoms with E-state index in [-0.39, 0.29) is 4.99 Å². The van der Waals surface area contributed by atoms with Gasteiger partial charge in [-0.15, -0.1) is 0 Å². The number of aryl methyl sites for hydroxylation is 1. The number of pyridine rings is 1. The Bertz CT molecular complexity index is 538. The summed E-state index contributed by atoms with van der Waals surface area (Å²) in [6, 6.07) is 5.27. The minimum Gasteiger partial charge on any atom is -0.436 e. The van der Waals surface area contributed by atoms with Crippen molar-refractivity contribution in [2.45, 2.75) is 13.5 Å². The summed E-state index contributed by atoms with van der Waals surface area (Å²) in [6.45, 7) is 2.80. The molecule has 0 atom stereocenters. The quantitative estimate of drug-likeness (QED) is 0.835. The van der Waals surface area contributed by atoms with Crippen molar-refractivity contribution in [2.24, 2.45) is 5.73 Å². The molecular weight excluding hydrogens is 236 g/mol. The first-order valence-electron chi connectivity index (χ1n) is 5.16. The maximum Gasteiger partial charge on any atom is 0.220 e. The van der Waals surface area contributed by atoms with Gasteiger partial charge in [0.1, 0.15) is 10.7 Å². The Labute approximate surface area is 104 Å². The molecule has 0 saturated carbocycles. The third kappa shape index (κ3) is 2.79. The highest BCUT2D eigenvalue weighted by Gasteiger charge is 2.04. The van der Waals surface area contributed by atoms with Crippen LogP contribution in [0, 0.1) is 0 Å². The summed E-state index contributed by atoms with van der Waals surface area (Å²) in [5.41, 5.74) is 6.04. The molecule has 2 aromatic rings. The fraction of sp³-hybridized carbons (Fsp3) is 0.182. The molecular formula is C11H12N4OS. The third-order valence-electron chi connectivity index (χ3n) is 2.13. The van der Waals surface area contributed by atoms with Crippen molar-refractivity contribution < 1.29 is 4.74 Å². The Kier molecular flexibility index (Phi) is 3.34. The Balaban J connectivity index is 2.18. The summed E-state index contributed by atoms with van der Waals surface area (Å²) in [4.78, 5) is 4.43. The van der Waals surface area contributed by atoms with Crippen molar-refractivity contribution in [3.05, 3.63) is 36.3 Å². The lowest BCUT2D eigenvalue weighted by Gasteiger charge is -2.03. The van der Waals surface area contributed by atoms with Gasteiger partial charge in [-0.05, 0) is 13.0 Å². The molecule has 0 aliphatic rings. The van der Waals surface area contributed by atoms with Gasteiger partial charge >= 0.3 is 0 Å². The molecule has 6 heteroatoms. The smallest absolute Gasteiger partial charge is 0.220 e. The van der Waals surface area contributed by atoms with Gasteiger partial charge in [0.2, 0.25) is 5.88 Å². The second-order valence-corrected chi connectivity index (χ2v) is 3.80. The fourth-order valence-corrected chi connectivity index (χ4v) is 1.41. The van der Waals surface area contributed by atoms with Gasteiger partial charge in [-0.2, -0.15) is 5.10 Å². The number of nitrogens with two attached hydrogens (primary N) is 1. The molecule has 0 spiro atoms. The summed E-state index contributed by atoms with van der Waals surface area (Å²) in [7, 11) is 0. The molecule has 2 rings (SSSR count). The van der Waals surface area contributed by atoms with E-state index in [2.05, 4.69) is 10.1 Å². The van der Waals surface area contributed by atoms with Crippen LogP contribution in [0.25, 0.3) is 0 Å². The van der Waals surface area contributed by atoms with Crippen molar-refractivity contribution in [3.63, 3.8) is 0 Å². The molecule has 0 bridgehead atoms. The number of rotatable bonds is 4. The van der Waals surface area contributed by atoms with Gasteiger partial charge in [-0.3, -0.25) is 4.68 Å². The second kappa shape index (κ2) is 4.92. The predicted octanol–water partition coefficient (Wildman–Crippen LogP) is 1.72. The first-order chi connectivity index (χ1) is 8.19. The fourth-order valence-electron chi connectivity index (χ4n) is 1.30. The van der Waals surface area contributed by atoms with E-state index in [1.54, 1.807) is 35.3 Å². The zero-order valence-corrected chi connectivity index (χ0v) is 10.1. The summed E-state index contributed by atoms with van der Waals surface area (Å²) in [6.07, 6.45) is 3.44. The van der Waals surface area contributed by atoms with E-state index in [0.717, 1.165) is 6.54 Å².